The third-order valence-electron chi connectivity index (χ3n) is 4.75. The Hall–Kier alpha value is -2.83. The summed E-state index contributed by atoms with van der Waals surface area (Å²) >= 11 is 1.99. The number of benzene rings is 3. The molecule has 31 heavy (non-hydrogen) atoms. The molecule has 0 saturated heterocycles. The maximum atomic E-state index is 9.10. The number of carbonyl (C=O) groups is 2. The molecule has 0 saturated carbocycles. The van der Waals surface area contributed by atoms with Crippen molar-refractivity contribution in [1.29, 1.82) is 0 Å². The third kappa shape index (κ3) is 9.24. The lowest BCUT2D eigenvalue weighted by molar-refractivity contribution is -0.159. The molecular weight excluding hydrogens is 410 g/mol. The van der Waals surface area contributed by atoms with Gasteiger partial charge in [-0.1, -0.05) is 66.7 Å². The summed E-state index contributed by atoms with van der Waals surface area (Å²) in [6.45, 7) is 2.32. The lowest BCUT2D eigenvalue weighted by Gasteiger charge is -2.16. The number of carboxylic acid groups (broad SMARTS) is 2. The number of rotatable bonds is 9. The number of unbranched alkanes of at least 4 members (excludes halogenated alkanes) is 1. The molecule has 0 amide bonds. The zero-order chi connectivity index (χ0) is 22.5. The number of likely N-dealkylation sites (N-methyl/N-ethyl adjacent to an activating group) is 1. The van der Waals surface area contributed by atoms with E-state index in [1.54, 1.807) is 0 Å². The highest BCUT2D eigenvalue weighted by atomic mass is 32.2. The van der Waals surface area contributed by atoms with Crippen LogP contribution in [0.1, 0.15) is 18.4 Å². The maximum absolute atomic E-state index is 9.10. The highest BCUT2D eigenvalue weighted by Gasteiger charge is 2.04. The van der Waals surface area contributed by atoms with Crippen molar-refractivity contribution in [1.82, 2.24) is 4.90 Å². The Kier molecular flexibility index (Phi) is 10.6. The van der Waals surface area contributed by atoms with Crippen LogP contribution < -0.4 is 0 Å². The van der Waals surface area contributed by atoms with Gasteiger partial charge in [0.2, 0.25) is 0 Å². The Morgan fingerprint density at radius 3 is 2.16 bits per heavy atom. The molecule has 164 valence electrons. The number of thioether (sulfide) groups is 1. The molecule has 0 spiro atoms. The van der Waals surface area contributed by atoms with Crippen LogP contribution in [-0.2, 0) is 16.0 Å². The summed E-state index contributed by atoms with van der Waals surface area (Å²) in [5.74, 6) is -2.45. The molecule has 0 radical (unpaired) electrons. The fourth-order valence-corrected chi connectivity index (χ4v) is 4.15. The van der Waals surface area contributed by atoms with Crippen molar-refractivity contribution in [2.24, 2.45) is 0 Å². The SMILES string of the molecule is CN(CCCCSc1cccc2ccccc12)CCc1ccccc1.O=C(O)C(=O)O. The Morgan fingerprint density at radius 1 is 0.806 bits per heavy atom. The third-order valence-corrected chi connectivity index (χ3v) is 5.91. The molecule has 3 aromatic carbocycles. The summed E-state index contributed by atoms with van der Waals surface area (Å²) in [4.78, 5) is 22.1. The smallest absolute Gasteiger partial charge is 0.414 e. The van der Waals surface area contributed by atoms with Gasteiger partial charge < -0.3 is 15.1 Å². The van der Waals surface area contributed by atoms with Crippen molar-refractivity contribution in [2.45, 2.75) is 24.2 Å². The molecule has 0 atom stereocenters. The van der Waals surface area contributed by atoms with E-state index in [2.05, 4.69) is 84.7 Å². The van der Waals surface area contributed by atoms with Crippen LogP contribution in [0.4, 0.5) is 0 Å². The van der Waals surface area contributed by atoms with Gasteiger partial charge in [0.1, 0.15) is 0 Å². The minimum atomic E-state index is -1.82. The largest absolute Gasteiger partial charge is 0.473 e. The first kappa shape index (κ1) is 24.4. The molecule has 2 N–H and O–H groups in total. The number of carboxylic acids is 2. The van der Waals surface area contributed by atoms with Crippen LogP contribution in [0.5, 0.6) is 0 Å². The number of hydrogen-bond donors (Lipinski definition) is 2. The fraction of sp³-hybridized carbons (Fsp3) is 0.280. The van der Waals surface area contributed by atoms with Gasteiger partial charge in [0.25, 0.3) is 0 Å². The Labute approximate surface area is 187 Å². The number of aliphatic carboxylic acids is 2. The molecule has 0 aliphatic rings. The zero-order valence-electron chi connectivity index (χ0n) is 17.7. The van der Waals surface area contributed by atoms with Gasteiger partial charge in [0.15, 0.2) is 0 Å². The summed E-state index contributed by atoms with van der Waals surface area (Å²) in [6, 6.07) is 26.1. The predicted molar refractivity (Wildman–Crippen MR) is 127 cm³/mol. The second-order valence-corrected chi connectivity index (χ2v) is 8.32. The highest BCUT2D eigenvalue weighted by molar-refractivity contribution is 7.99. The molecule has 0 aromatic heterocycles. The molecule has 0 unspecified atom stereocenters. The average Bonchev–Trinajstić information content (AvgIpc) is 2.78. The minimum absolute atomic E-state index is 1.14. The van der Waals surface area contributed by atoms with Crippen LogP contribution in [-0.4, -0.2) is 52.9 Å². The number of hydrogen-bond acceptors (Lipinski definition) is 4. The Bertz CT molecular complexity index is 945. The average molecular weight is 440 g/mol. The first-order valence-corrected chi connectivity index (χ1v) is 11.2. The fourth-order valence-electron chi connectivity index (χ4n) is 3.06. The topological polar surface area (TPSA) is 77.8 Å². The normalized spacial score (nSPS) is 10.5. The standard InChI is InChI=1S/C23H27NS.C2H2O4/c1-24(18-16-20-10-3-2-4-11-20)17-7-8-19-25-23-15-9-13-21-12-5-6-14-22(21)23;3-1(4)2(5)6/h2-6,9-15H,7-8,16-19H2,1H3;(H,3,4)(H,5,6). The first-order valence-electron chi connectivity index (χ1n) is 10.3. The lowest BCUT2D eigenvalue weighted by atomic mass is 10.1. The van der Waals surface area contributed by atoms with Gasteiger partial charge in [-0.25, -0.2) is 9.59 Å². The maximum Gasteiger partial charge on any atom is 0.414 e. The van der Waals surface area contributed by atoms with Crippen molar-refractivity contribution < 1.29 is 19.8 Å². The van der Waals surface area contributed by atoms with Crippen molar-refractivity contribution >= 4 is 34.5 Å². The molecule has 5 nitrogen and oxygen atoms in total. The van der Waals surface area contributed by atoms with Crippen LogP contribution in [0.15, 0.2) is 77.7 Å². The molecule has 6 heteroatoms. The number of nitrogens with zero attached hydrogens (tertiary/aromatic N) is 1. The molecule has 0 heterocycles. The van der Waals surface area contributed by atoms with E-state index in [4.69, 9.17) is 19.8 Å². The summed E-state index contributed by atoms with van der Waals surface area (Å²) in [6.07, 6.45) is 3.68. The monoisotopic (exact) mass is 439 g/mol. The van der Waals surface area contributed by atoms with Crippen LogP contribution in [0.3, 0.4) is 0 Å². The van der Waals surface area contributed by atoms with Gasteiger partial charge in [0, 0.05) is 11.4 Å². The van der Waals surface area contributed by atoms with E-state index in [-0.39, 0.29) is 0 Å². The summed E-state index contributed by atoms with van der Waals surface area (Å²) < 4.78 is 0. The molecule has 3 aromatic rings. The van der Waals surface area contributed by atoms with Gasteiger partial charge in [-0.3, -0.25) is 0 Å². The second-order valence-electron chi connectivity index (χ2n) is 7.18. The summed E-state index contributed by atoms with van der Waals surface area (Å²) in [5, 5.41) is 17.5. The lowest BCUT2D eigenvalue weighted by Crippen LogP contribution is -2.22. The van der Waals surface area contributed by atoms with E-state index in [9.17, 15) is 0 Å². The summed E-state index contributed by atoms with van der Waals surface area (Å²) in [5.41, 5.74) is 1.43. The second kappa shape index (κ2) is 13.5. The molecule has 0 fully saturated rings. The summed E-state index contributed by atoms with van der Waals surface area (Å²) in [7, 11) is 2.24. The minimum Gasteiger partial charge on any atom is -0.473 e. The van der Waals surface area contributed by atoms with Crippen LogP contribution in [0, 0.1) is 0 Å². The first-order chi connectivity index (χ1) is 15.0. The van der Waals surface area contributed by atoms with E-state index in [0.29, 0.717) is 0 Å². The molecule has 0 bridgehead atoms. The van der Waals surface area contributed by atoms with Crippen LogP contribution in [0.25, 0.3) is 10.8 Å². The van der Waals surface area contributed by atoms with Gasteiger partial charge in [0.05, 0.1) is 0 Å². The van der Waals surface area contributed by atoms with Crippen molar-refractivity contribution in [3.8, 4) is 0 Å². The molecule has 0 aliphatic carbocycles. The molecular formula is C25H29NO4S. The van der Waals surface area contributed by atoms with Gasteiger partial charge in [-0.15, -0.1) is 11.8 Å². The van der Waals surface area contributed by atoms with E-state index in [1.807, 2.05) is 11.8 Å². The molecule has 3 rings (SSSR count). The number of fused-ring (bicyclic) bond motifs is 1. The Balaban J connectivity index is 0.000000501. The van der Waals surface area contributed by atoms with E-state index >= 15 is 0 Å². The van der Waals surface area contributed by atoms with Gasteiger partial charge in [-0.2, -0.15) is 0 Å². The molecule has 0 aliphatic heterocycles. The quantitative estimate of drug-likeness (QED) is 0.276. The van der Waals surface area contributed by atoms with Crippen LogP contribution in [0.2, 0.25) is 0 Å². The van der Waals surface area contributed by atoms with Gasteiger partial charge >= 0.3 is 11.9 Å². The van der Waals surface area contributed by atoms with Crippen molar-refractivity contribution in [3.63, 3.8) is 0 Å². The van der Waals surface area contributed by atoms with Crippen molar-refractivity contribution in [2.75, 3.05) is 25.9 Å². The highest BCUT2D eigenvalue weighted by Crippen LogP contribution is 2.28. The van der Waals surface area contributed by atoms with E-state index in [0.717, 1.165) is 13.0 Å². The van der Waals surface area contributed by atoms with Crippen molar-refractivity contribution in [3.05, 3.63) is 78.4 Å². The van der Waals surface area contributed by atoms with E-state index in [1.165, 1.54) is 46.4 Å². The van der Waals surface area contributed by atoms with E-state index < -0.39 is 11.9 Å². The van der Waals surface area contributed by atoms with Crippen LogP contribution >= 0.6 is 11.8 Å². The zero-order valence-corrected chi connectivity index (χ0v) is 18.6. The predicted octanol–water partition coefficient (Wildman–Crippen LogP) is 5.04. The van der Waals surface area contributed by atoms with Gasteiger partial charge in [-0.05, 0) is 61.0 Å². The Morgan fingerprint density at radius 2 is 1.45 bits per heavy atom.